The molecule has 25 heavy (non-hydrogen) atoms. The number of hydrogen-bond acceptors (Lipinski definition) is 5. The van der Waals surface area contributed by atoms with Crippen LogP contribution in [-0.2, 0) is 11.3 Å². The number of nitrogens with one attached hydrogen (secondary N) is 1. The van der Waals surface area contributed by atoms with Crippen molar-refractivity contribution >= 4 is 29.0 Å². The Morgan fingerprint density at radius 1 is 1.12 bits per heavy atom. The van der Waals surface area contributed by atoms with E-state index in [-0.39, 0.29) is 6.03 Å². The number of amides is 2. The van der Waals surface area contributed by atoms with Crippen LogP contribution in [0.5, 0.6) is 0 Å². The third kappa shape index (κ3) is 4.37. The van der Waals surface area contributed by atoms with Gasteiger partial charge in [0.25, 0.3) is 0 Å². The molecule has 2 heterocycles. The molecule has 2 amide bonds. The van der Waals surface area contributed by atoms with Gasteiger partial charge in [0.05, 0.1) is 18.4 Å². The molecule has 7 heteroatoms. The number of anilines is 1. The van der Waals surface area contributed by atoms with Gasteiger partial charge in [0.2, 0.25) is 0 Å². The topological polar surface area (TPSA) is 61.9 Å². The lowest BCUT2D eigenvalue weighted by atomic mass is 10.2. The van der Waals surface area contributed by atoms with Crippen molar-refractivity contribution in [2.75, 3.05) is 38.6 Å². The van der Waals surface area contributed by atoms with E-state index in [1.807, 2.05) is 0 Å². The quantitative estimate of drug-likeness (QED) is 0.853. The molecule has 0 unspecified atom stereocenters. The molecule has 0 aliphatic carbocycles. The van der Waals surface area contributed by atoms with Crippen LogP contribution in [0.2, 0.25) is 0 Å². The maximum absolute atomic E-state index is 12.5. The Labute approximate surface area is 151 Å². The predicted octanol–water partition coefficient (Wildman–Crippen LogP) is 2.88. The van der Waals surface area contributed by atoms with Gasteiger partial charge >= 0.3 is 12.0 Å². The number of ether oxygens (including phenoxy) is 1. The Morgan fingerprint density at radius 3 is 2.56 bits per heavy atom. The van der Waals surface area contributed by atoms with Crippen LogP contribution in [0.25, 0.3) is 0 Å². The molecule has 3 rings (SSSR count). The molecule has 6 nitrogen and oxygen atoms in total. The van der Waals surface area contributed by atoms with E-state index in [9.17, 15) is 9.59 Å². The Morgan fingerprint density at radius 2 is 1.88 bits per heavy atom. The zero-order valence-electron chi connectivity index (χ0n) is 14.1. The number of rotatable bonds is 4. The zero-order valence-corrected chi connectivity index (χ0v) is 14.9. The first-order chi connectivity index (χ1) is 12.2. The Kier molecular flexibility index (Phi) is 5.67. The van der Waals surface area contributed by atoms with E-state index in [4.69, 9.17) is 4.74 Å². The lowest BCUT2D eigenvalue weighted by Gasteiger charge is -2.34. The molecule has 0 bridgehead atoms. The number of nitrogens with zero attached hydrogens (tertiary/aromatic N) is 2. The van der Waals surface area contributed by atoms with Crippen LogP contribution in [0.3, 0.4) is 0 Å². The number of para-hydroxylation sites is 1. The van der Waals surface area contributed by atoms with Gasteiger partial charge in [-0.1, -0.05) is 18.2 Å². The van der Waals surface area contributed by atoms with Gasteiger partial charge < -0.3 is 15.0 Å². The molecule has 0 spiro atoms. The highest BCUT2D eigenvalue weighted by Gasteiger charge is 2.22. The summed E-state index contributed by atoms with van der Waals surface area (Å²) in [5.41, 5.74) is 0.829. The minimum Gasteiger partial charge on any atom is -0.465 e. The molecule has 1 fully saturated rings. The lowest BCUT2D eigenvalue weighted by Crippen LogP contribution is -2.49. The second-order valence-corrected chi connectivity index (χ2v) is 6.84. The van der Waals surface area contributed by atoms with Crippen LogP contribution in [0.4, 0.5) is 10.5 Å². The lowest BCUT2D eigenvalue weighted by molar-refractivity contribution is 0.0602. The number of carbonyl (C=O) groups is 2. The fraction of sp³-hybridized carbons (Fsp3) is 0.333. The highest BCUT2D eigenvalue weighted by atomic mass is 32.1. The first-order valence-electron chi connectivity index (χ1n) is 8.15. The number of thiophene rings is 1. The minimum atomic E-state index is -0.461. The van der Waals surface area contributed by atoms with Crippen molar-refractivity contribution in [2.45, 2.75) is 6.54 Å². The molecule has 1 aromatic heterocycles. The average molecular weight is 359 g/mol. The van der Waals surface area contributed by atoms with Gasteiger partial charge in [-0.15, -0.1) is 11.3 Å². The molecule has 1 aliphatic heterocycles. The van der Waals surface area contributed by atoms with Crippen LogP contribution in [0, 0.1) is 0 Å². The van der Waals surface area contributed by atoms with Crippen molar-refractivity contribution in [3.05, 3.63) is 52.2 Å². The molecule has 2 aromatic rings. The molecule has 1 aliphatic rings. The van der Waals surface area contributed by atoms with Crippen LogP contribution < -0.4 is 5.32 Å². The second kappa shape index (κ2) is 8.13. The fourth-order valence-electron chi connectivity index (χ4n) is 2.81. The first-order valence-corrected chi connectivity index (χ1v) is 9.03. The summed E-state index contributed by atoms with van der Waals surface area (Å²) in [6.45, 7) is 3.93. The Bertz CT molecular complexity index is 725. The van der Waals surface area contributed by atoms with Gasteiger partial charge in [-0.2, -0.15) is 0 Å². The third-order valence-corrected chi connectivity index (χ3v) is 5.05. The number of benzene rings is 1. The van der Waals surface area contributed by atoms with Crippen LogP contribution in [0.1, 0.15) is 15.2 Å². The van der Waals surface area contributed by atoms with Crippen molar-refractivity contribution in [3.8, 4) is 0 Å². The monoisotopic (exact) mass is 359 g/mol. The number of urea groups is 1. The van der Waals surface area contributed by atoms with Crippen LogP contribution in [0.15, 0.2) is 41.8 Å². The Balaban J connectivity index is 1.56. The second-order valence-electron chi connectivity index (χ2n) is 5.81. The molecular weight excluding hydrogens is 338 g/mol. The first kappa shape index (κ1) is 17.4. The van der Waals surface area contributed by atoms with E-state index < -0.39 is 5.97 Å². The summed E-state index contributed by atoms with van der Waals surface area (Å²) in [6.07, 6.45) is 0. The number of carbonyl (C=O) groups excluding carboxylic acids is 2. The van der Waals surface area contributed by atoms with Crippen molar-refractivity contribution < 1.29 is 14.3 Å². The SMILES string of the molecule is COC(=O)c1ccccc1NC(=O)N1CCN(Cc2cccs2)CC1. The number of hydrogen-bond donors (Lipinski definition) is 1. The summed E-state index contributed by atoms with van der Waals surface area (Å²) in [7, 11) is 1.33. The summed E-state index contributed by atoms with van der Waals surface area (Å²) in [5, 5.41) is 4.91. The Hall–Kier alpha value is -2.38. The van der Waals surface area contributed by atoms with Crippen molar-refractivity contribution in [3.63, 3.8) is 0 Å². The summed E-state index contributed by atoms with van der Waals surface area (Å²) in [4.78, 5) is 29.8. The van der Waals surface area contributed by atoms with Crippen LogP contribution in [-0.4, -0.2) is 55.1 Å². The molecule has 132 valence electrons. The molecule has 1 saturated heterocycles. The minimum absolute atomic E-state index is 0.188. The normalized spacial score (nSPS) is 15.0. The maximum atomic E-state index is 12.5. The summed E-state index contributed by atoms with van der Waals surface area (Å²) in [5.74, 6) is -0.461. The molecule has 0 saturated carbocycles. The number of esters is 1. The average Bonchev–Trinajstić information content (AvgIpc) is 3.15. The third-order valence-electron chi connectivity index (χ3n) is 4.19. The molecular formula is C18H21N3O3S. The largest absolute Gasteiger partial charge is 0.465 e. The van der Waals surface area contributed by atoms with Crippen LogP contribution >= 0.6 is 11.3 Å². The zero-order chi connectivity index (χ0) is 17.6. The highest BCUT2D eigenvalue weighted by Crippen LogP contribution is 2.18. The summed E-state index contributed by atoms with van der Waals surface area (Å²) < 4.78 is 4.76. The smallest absolute Gasteiger partial charge is 0.339 e. The van der Waals surface area contributed by atoms with Crippen molar-refractivity contribution in [1.82, 2.24) is 9.80 Å². The summed E-state index contributed by atoms with van der Waals surface area (Å²) in [6, 6.07) is 10.9. The van der Waals surface area contributed by atoms with E-state index in [0.29, 0.717) is 24.3 Å². The molecule has 1 aromatic carbocycles. The van der Waals surface area contributed by atoms with Gasteiger partial charge in [0, 0.05) is 37.6 Å². The van der Waals surface area contributed by atoms with E-state index in [1.165, 1.54) is 12.0 Å². The van der Waals surface area contributed by atoms with Crippen molar-refractivity contribution in [1.29, 1.82) is 0 Å². The van der Waals surface area contributed by atoms with E-state index >= 15 is 0 Å². The van der Waals surface area contributed by atoms with Gasteiger partial charge in [-0.3, -0.25) is 4.90 Å². The van der Waals surface area contributed by atoms with E-state index in [1.54, 1.807) is 40.5 Å². The number of methoxy groups -OCH3 is 1. The molecule has 0 atom stereocenters. The van der Waals surface area contributed by atoms with Gasteiger partial charge in [-0.05, 0) is 23.6 Å². The van der Waals surface area contributed by atoms with E-state index in [0.717, 1.165) is 19.6 Å². The molecule has 0 radical (unpaired) electrons. The van der Waals surface area contributed by atoms with Crippen molar-refractivity contribution in [2.24, 2.45) is 0 Å². The maximum Gasteiger partial charge on any atom is 0.339 e. The molecule has 1 N–H and O–H groups in total. The standard InChI is InChI=1S/C18H21N3O3S/c1-24-17(22)15-6-2-3-7-16(15)19-18(23)21-10-8-20(9-11-21)13-14-5-4-12-25-14/h2-7,12H,8-11,13H2,1H3,(H,19,23). The number of piperazine rings is 1. The predicted molar refractivity (Wildman–Crippen MR) is 98.0 cm³/mol. The highest BCUT2D eigenvalue weighted by molar-refractivity contribution is 7.09. The summed E-state index contributed by atoms with van der Waals surface area (Å²) >= 11 is 1.75. The van der Waals surface area contributed by atoms with Gasteiger partial charge in [-0.25, -0.2) is 9.59 Å². The fourth-order valence-corrected chi connectivity index (χ4v) is 3.55. The van der Waals surface area contributed by atoms with E-state index in [2.05, 4.69) is 27.7 Å². The van der Waals surface area contributed by atoms with Gasteiger partial charge in [0.15, 0.2) is 0 Å². The van der Waals surface area contributed by atoms with Gasteiger partial charge in [0.1, 0.15) is 0 Å².